The molecule has 0 spiro atoms. The minimum absolute atomic E-state index is 0.0129. The molecule has 2 aromatic rings. The maximum absolute atomic E-state index is 12.2. The lowest BCUT2D eigenvalue weighted by atomic mass is 10.1. The number of benzene rings is 1. The molecule has 1 aromatic carbocycles. The van der Waals surface area contributed by atoms with Gasteiger partial charge in [0.05, 0.1) is 11.4 Å². The quantitative estimate of drug-likeness (QED) is 0.878. The summed E-state index contributed by atoms with van der Waals surface area (Å²) < 4.78 is 28.0. The maximum atomic E-state index is 12.2. The summed E-state index contributed by atoms with van der Waals surface area (Å²) in [6, 6.07) is 9.27. The van der Waals surface area contributed by atoms with Gasteiger partial charge in [-0.2, -0.15) is 0 Å². The van der Waals surface area contributed by atoms with E-state index in [9.17, 15) is 8.42 Å². The molecule has 0 fully saturated rings. The first kappa shape index (κ1) is 16.0. The van der Waals surface area contributed by atoms with Gasteiger partial charge in [-0.15, -0.1) is 0 Å². The second-order valence-corrected chi connectivity index (χ2v) is 7.66. The van der Waals surface area contributed by atoms with Gasteiger partial charge >= 0.3 is 0 Å². The first-order valence-corrected chi connectivity index (χ1v) is 8.99. The minimum atomic E-state index is -3.40. The Kier molecular flexibility index (Phi) is 5.00. The van der Waals surface area contributed by atoms with Crippen LogP contribution in [0.1, 0.15) is 16.8 Å². The van der Waals surface area contributed by atoms with Crippen LogP contribution in [0, 0.1) is 13.8 Å². The molecule has 0 aliphatic rings. The van der Waals surface area contributed by atoms with Gasteiger partial charge in [0.15, 0.2) is 0 Å². The van der Waals surface area contributed by atoms with Crippen LogP contribution in [0.25, 0.3) is 0 Å². The molecule has 0 saturated carbocycles. The Labute approximate surface area is 133 Å². The van der Waals surface area contributed by atoms with Crippen molar-refractivity contribution in [2.75, 3.05) is 10.5 Å². The molecule has 4 nitrogen and oxygen atoms in total. The standard InChI is InChI=1S/C15H17BrN2O2S/c1-11-9-13(16)10-12(2)15(11)18-21(19,20)8-6-14-5-3-4-7-17-14/h3-5,7,9-10,18H,6,8H2,1-2H3. The van der Waals surface area contributed by atoms with Crippen LogP contribution >= 0.6 is 15.9 Å². The molecule has 0 bridgehead atoms. The van der Waals surface area contributed by atoms with Crippen molar-refractivity contribution in [2.45, 2.75) is 20.3 Å². The van der Waals surface area contributed by atoms with Crippen molar-refractivity contribution in [3.05, 3.63) is 57.8 Å². The molecule has 2 rings (SSSR count). The van der Waals surface area contributed by atoms with Crippen molar-refractivity contribution < 1.29 is 8.42 Å². The zero-order valence-corrected chi connectivity index (χ0v) is 14.3. The SMILES string of the molecule is Cc1cc(Br)cc(C)c1NS(=O)(=O)CCc1ccccn1. The van der Waals surface area contributed by atoms with E-state index in [1.807, 2.05) is 44.2 Å². The summed E-state index contributed by atoms with van der Waals surface area (Å²) in [7, 11) is -3.40. The number of sulfonamides is 1. The average molecular weight is 369 g/mol. The first-order chi connectivity index (χ1) is 9.87. The Bertz CT molecular complexity index is 708. The Balaban J connectivity index is 2.11. The maximum Gasteiger partial charge on any atom is 0.233 e. The third kappa shape index (κ3) is 4.54. The summed E-state index contributed by atoms with van der Waals surface area (Å²) in [5.41, 5.74) is 3.21. The second-order valence-electron chi connectivity index (χ2n) is 4.91. The van der Waals surface area contributed by atoms with Crippen LogP contribution in [-0.4, -0.2) is 19.2 Å². The highest BCUT2D eigenvalue weighted by Crippen LogP contribution is 2.26. The molecule has 1 aromatic heterocycles. The van der Waals surface area contributed by atoms with E-state index in [4.69, 9.17) is 0 Å². The number of nitrogens with one attached hydrogen (secondary N) is 1. The minimum Gasteiger partial charge on any atom is -0.283 e. The highest BCUT2D eigenvalue weighted by atomic mass is 79.9. The van der Waals surface area contributed by atoms with Gasteiger partial charge in [0, 0.05) is 22.8 Å². The summed E-state index contributed by atoms with van der Waals surface area (Å²) in [6.45, 7) is 3.77. The molecule has 0 aliphatic heterocycles. The molecule has 0 unspecified atom stereocenters. The fraction of sp³-hybridized carbons (Fsp3) is 0.267. The highest BCUT2D eigenvalue weighted by molar-refractivity contribution is 9.10. The molecule has 0 radical (unpaired) electrons. The highest BCUT2D eigenvalue weighted by Gasteiger charge is 2.14. The lowest BCUT2D eigenvalue weighted by Gasteiger charge is -2.13. The Morgan fingerprint density at radius 3 is 2.43 bits per heavy atom. The van der Waals surface area contributed by atoms with Gasteiger partial charge in [-0.1, -0.05) is 22.0 Å². The number of anilines is 1. The third-order valence-electron chi connectivity index (χ3n) is 3.11. The first-order valence-electron chi connectivity index (χ1n) is 6.54. The molecule has 1 heterocycles. The van der Waals surface area contributed by atoms with Crippen molar-refractivity contribution in [1.82, 2.24) is 4.98 Å². The van der Waals surface area contributed by atoms with Crippen LogP contribution in [-0.2, 0) is 16.4 Å². The number of aryl methyl sites for hydroxylation is 3. The van der Waals surface area contributed by atoms with Gasteiger partial charge in [0.25, 0.3) is 0 Å². The fourth-order valence-corrected chi connectivity index (χ4v) is 3.96. The summed E-state index contributed by atoms with van der Waals surface area (Å²) in [4.78, 5) is 4.14. The zero-order chi connectivity index (χ0) is 15.5. The van der Waals surface area contributed by atoms with Crippen LogP contribution in [0.4, 0.5) is 5.69 Å². The number of hydrogen-bond acceptors (Lipinski definition) is 3. The molecule has 0 aliphatic carbocycles. The summed E-state index contributed by atoms with van der Waals surface area (Å²) >= 11 is 3.40. The smallest absolute Gasteiger partial charge is 0.233 e. The van der Waals surface area contributed by atoms with E-state index in [1.54, 1.807) is 6.20 Å². The molecule has 112 valence electrons. The van der Waals surface area contributed by atoms with Gasteiger partial charge in [0.2, 0.25) is 10.0 Å². The fourth-order valence-electron chi connectivity index (χ4n) is 2.06. The molecule has 1 N–H and O–H groups in total. The Morgan fingerprint density at radius 1 is 1.19 bits per heavy atom. The molecule has 0 saturated heterocycles. The van der Waals surface area contributed by atoms with Crippen molar-refractivity contribution in [3.8, 4) is 0 Å². The average Bonchev–Trinajstić information content (AvgIpc) is 2.42. The van der Waals surface area contributed by atoms with Crippen LogP contribution in [0.15, 0.2) is 41.0 Å². The Morgan fingerprint density at radius 2 is 1.86 bits per heavy atom. The van der Waals surface area contributed by atoms with E-state index < -0.39 is 10.0 Å². The second kappa shape index (κ2) is 6.58. The lowest BCUT2D eigenvalue weighted by molar-refractivity contribution is 0.600. The van der Waals surface area contributed by atoms with E-state index in [0.717, 1.165) is 21.3 Å². The molecule has 0 atom stereocenters. The van der Waals surface area contributed by atoms with Crippen LogP contribution in [0.3, 0.4) is 0 Å². The van der Waals surface area contributed by atoms with E-state index in [2.05, 4.69) is 25.6 Å². The molecular weight excluding hydrogens is 352 g/mol. The number of hydrogen-bond donors (Lipinski definition) is 1. The van der Waals surface area contributed by atoms with Crippen LogP contribution in [0.5, 0.6) is 0 Å². The number of aromatic nitrogens is 1. The van der Waals surface area contributed by atoms with Crippen molar-refractivity contribution >= 4 is 31.6 Å². The zero-order valence-electron chi connectivity index (χ0n) is 11.9. The van der Waals surface area contributed by atoms with Gasteiger partial charge in [-0.25, -0.2) is 8.42 Å². The van der Waals surface area contributed by atoms with Crippen molar-refractivity contribution in [2.24, 2.45) is 0 Å². The number of halogens is 1. The predicted molar refractivity (Wildman–Crippen MR) is 89.0 cm³/mol. The van der Waals surface area contributed by atoms with Gasteiger partial charge in [-0.05, 0) is 49.2 Å². The molecular formula is C15H17BrN2O2S. The largest absolute Gasteiger partial charge is 0.283 e. The van der Waals surface area contributed by atoms with E-state index in [0.29, 0.717) is 12.1 Å². The van der Waals surface area contributed by atoms with Gasteiger partial charge < -0.3 is 0 Å². The van der Waals surface area contributed by atoms with E-state index in [1.165, 1.54) is 0 Å². The number of rotatable bonds is 5. The van der Waals surface area contributed by atoms with E-state index in [-0.39, 0.29) is 5.75 Å². The van der Waals surface area contributed by atoms with Gasteiger partial charge in [0.1, 0.15) is 0 Å². The number of nitrogens with zero attached hydrogens (tertiary/aromatic N) is 1. The topological polar surface area (TPSA) is 59.1 Å². The molecule has 0 amide bonds. The van der Waals surface area contributed by atoms with Crippen molar-refractivity contribution in [3.63, 3.8) is 0 Å². The number of pyridine rings is 1. The van der Waals surface area contributed by atoms with Crippen LogP contribution < -0.4 is 4.72 Å². The predicted octanol–water partition coefficient (Wildman–Crippen LogP) is 3.45. The molecule has 6 heteroatoms. The van der Waals surface area contributed by atoms with E-state index >= 15 is 0 Å². The summed E-state index contributed by atoms with van der Waals surface area (Å²) in [5, 5.41) is 0. The lowest BCUT2D eigenvalue weighted by Crippen LogP contribution is -2.19. The third-order valence-corrected chi connectivity index (χ3v) is 4.82. The monoisotopic (exact) mass is 368 g/mol. The molecule has 21 heavy (non-hydrogen) atoms. The summed E-state index contributed by atoms with van der Waals surface area (Å²) in [5.74, 6) is 0.0129. The van der Waals surface area contributed by atoms with Gasteiger partial charge in [-0.3, -0.25) is 9.71 Å². The van der Waals surface area contributed by atoms with Crippen molar-refractivity contribution in [1.29, 1.82) is 0 Å². The summed E-state index contributed by atoms with van der Waals surface area (Å²) in [6.07, 6.45) is 2.06. The van der Waals surface area contributed by atoms with Crippen LogP contribution in [0.2, 0.25) is 0 Å². The Hall–Kier alpha value is -1.40. The normalized spacial score (nSPS) is 11.4.